The first kappa shape index (κ1) is 11.8. The summed E-state index contributed by atoms with van der Waals surface area (Å²) in [4.78, 5) is 3.85. The largest absolute Gasteiger partial charge is 0.389 e. The van der Waals surface area contributed by atoms with Crippen molar-refractivity contribution in [2.45, 2.75) is 19.1 Å². The lowest BCUT2D eigenvalue weighted by atomic mass is 10.0. The van der Waals surface area contributed by atoms with Gasteiger partial charge < -0.3 is 10.2 Å². The number of rotatable bonds is 3. The number of thiol groups is 1. The lowest BCUT2D eigenvalue weighted by molar-refractivity contribution is 0.0332. The van der Waals surface area contributed by atoms with E-state index >= 15 is 0 Å². The number of aromatic nitrogens is 1. The summed E-state index contributed by atoms with van der Waals surface area (Å²) >= 11 is 9.72. The van der Waals surface area contributed by atoms with Crippen molar-refractivity contribution < 1.29 is 10.2 Å². The van der Waals surface area contributed by atoms with Crippen molar-refractivity contribution in [3.63, 3.8) is 0 Å². The second-order valence-corrected chi connectivity index (χ2v) is 3.75. The molecule has 0 saturated heterocycles. The molecule has 0 saturated carbocycles. The normalized spacial score (nSPS) is 15.2. The third-order valence-electron chi connectivity index (χ3n) is 2.01. The molecule has 1 aromatic heterocycles. The van der Waals surface area contributed by atoms with Crippen LogP contribution < -0.4 is 0 Å². The lowest BCUT2D eigenvalue weighted by Crippen LogP contribution is -2.21. The minimum Gasteiger partial charge on any atom is -0.389 e. The number of aryl methyl sites for hydroxylation is 1. The van der Waals surface area contributed by atoms with Crippen molar-refractivity contribution in [1.82, 2.24) is 4.98 Å². The summed E-state index contributed by atoms with van der Waals surface area (Å²) in [5.41, 5.74) is 1.27. The molecule has 78 valence electrons. The molecule has 1 rings (SSSR count). The molecule has 0 aliphatic rings. The fourth-order valence-corrected chi connectivity index (χ4v) is 1.70. The topological polar surface area (TPSA) is 53.4 Å². The predicted octanol–water partition coefficient (Wildman–Crippen LogP) is 1.37. The van der Waals surface area contributed by atoms with Crippen molar-refractivity contribution in [1.29, 1.82) is 0 Å². The van der Waals surface area contributed by atoms with Crippen molar-refractivity contribution in [3.8, 4) is 0 Å². The standard InChI is InChI=1S/C9H12ClNO2S/c1-5-2-3-11-9(10)7(5)8(13)6(12)4-14/h2-3,6,8,12-14H,4H2,1H3. The van der Waals surface area contributed by atoms with Gasteiger partial charge in [0.2, 0.25) is 0 Å². The van der Waals surface area contributed by atoms with E-state index in [0.29, 0.717) is 5.56 Å². The minimum atomic E-state index is -1.03. The molecule has 0 aromatic carbocycles. The molecule has 2 N–H and O–H groups in total. The van der Waals surface area contributed by atoms with E-state index in [1.165, 1.54) is 0 Å². The zero-order valence-electron chi connectivity index (χ0n) is 7.68. The van der Waals surface area contributed by atoms with Crippen LogP contribution in [-0.4, -0.2) is 27.1 Å². The molecule has 0 bridgehead atoms. The Hall–Kier alpha value is -0.290. The summed E-state index contributed by atoms with van der Waals surface area (Å²) in [6.07, 6.45) is -0.409. The van der Waals surface area contributed by atoms with E-state index in [-0.39, 0.29) is 10.9 Å². The number of hydrogen-bond donors (Lipinski definition) is 3. The van der Waals surface area contributed by atoms with Crippen LogP contribution in [0.5, 0.6) is 0 Å². The van der Waals surface area contributed by atoms with Crippen LogP contribution in [-0.2, 0) is 0 Å². The number of halogens is 1. The van der Waals surface area contributed by atoms with Gasteiger partial charge in [-0.2, -0.15) is 12.6 Å². The Balaban J connectivity index is 3.05. The van der Waals surface area contributed by atoms with Gasteiger partial charge in [0.25, 0.3) is 0 Å². The van der Waals surface area contributed by atoms with Gasteiger partial charge in [-0.3, -0.25) is 0 Å². The molecular formula is C9H12ClNO2S. The molecule has 0 fully saturated rings. The highest BCUT2D eigenvalue weighted by molar-refractivity contribution is 7.80. The molecule has 0 amide bonds. The first-order chi connectivity index (χ1) is 6.57. The van der Waals surface area contributed by atoms with Crippen molar-refractivity contribution in [2.24, 2.45) is 0 Å². The third-order valence-corrected chi connectivity index (χ3v) is 2.68. The van der Waals surface area contributed by atoms with Gasteiger partial charge >= 0.3 is 0 Å². The quantitative estimate of drug-likeness (QED) is 0.546. The highest BCUT2D eigenvalue weighted by Crippen LogP contribution is 2.26. The van der Waals surface area contributed by atoms with Crippen LogP contribution in [0, 0.1) is 6.92 Å². The van der Waals surface area contributed by atoms with Gasteiger partial charge in [-0.05, 0) is 18.6 Å². The van der Waals surface area contributed by atoms with Gasteiger partial charge in [0.15, 0.2) is 0 Å². The summed E-state index contributed by atoms with van der Waals surface area (Å²) in [5.74, 6) is 0.172. The molecule has 14 heavy (non-hydrogen) atoms. The first-order valence-electron chi connectivity index (χ1n) is 4.16. The Morgan fingerprint density at radius 3 is 2.71 bits per heavy atom. The maximum atomic E-state index is 9.73. The first-order valence-corrected chi connectivity index (χ1v) is 5.17. The van der Waals surface area contributed by atoms with E-state index in [1.807, 2.05) is 0 Å². The minimum absolute atomic E-state index is 0.172. The van der Waals surface area contributed by atoms with Gasteiger partial charge in [0.05, 0.1) is 6.10 Å². The van der Waals surface area contributed by atoms with Crippen LogP contribution in [0.15, 0.2) is 12.3 Å². The molecule has 3 nitrogen and oxygen atoms in total. The third kappa shape index (κ3) is 2.39. The molecule has 0 radical (unpaired) electrons. The average molecular weight is 234 g/mol. The highest BCUT2D eigenvalue weighted by Gasteiger charge is 2.21. The molecular weight excluding hydrogens is 222 g/mol. The molecule has 0 aliphatic carbocycles. The van der Waals surface area contributed by atoms with Gasteiger partial charge in [0.1, 0.15) is 11.3 Å². The van der Waals surface area contributed by atoms with Gasteiger partial charge in [-0.15, -0.1) is 0 Å². The van der Waals surface area contributed by atoms with Gasteiger partial charge in [-0.25, -0.2) is 4.98 Å². The van der Waals surface area contributed by atoms with E-state index in [2.05, 4.69) is 17.6 Å². The number of nitrogens with zero attached hydrogens (tertiary/aromatic N) is 1. The van der Waals surface area contributed by atoms with Crippen molar-refractivity contribution in [2.75, 3.05) is 5.75 Å². The van der Waals surface area contributed by atoms with Crippen LogP contribution in [0.2, 0.25) is 5.15 Å². The predicted molar refractivity (Wildman–Crippen MR) is 58.8 cm³/mol. The number of aliphatic hydroxyl groups is 2. The Labute approximate surface area is 93.2 Å². The van der Waals surface area contributed by atoms with E-state index < -0.39 is 12.2 Å². The van der Waals surface area contributed by atoms with E-state index in [4.69, 9.17) is 11.6 Å². The molecule has 2 unspecified atom stereocenters. The Morgan fingerprint density at radius 2 is 2.21 bits per heavy atom. The van der Waals surface area contributed by atoms with Crippen molar-refractivity contribution in [3.05, 3.63) is 28.5 Å². The molecule has 1 aromatic rings. The fourth-order valence-electron chi connectivity index (χ4n) is 1.18. The van der Waals surface area contributed by atoms with E-state index in [9.17, 15) is 10.2 Å². The maximum Gasteiger partial charge on any atom is 0.135 e. The fraction of sp³-hybridized carbons (Fsp3) is 0.444. The van der Waals surface area contributed by atoms with Gasteiger partial charge in [0, 0.05) is 17.5 Å². The number of pyridine rings is 1. The Morgan fingerprint density at radius 1 is 1.57 bits per heavy atom. The zero-order valence-corrected chi connectivity index (χ0v) is 9.33. The SMILES string of the molecule is Cc1ccnc(Cl)c1C(O)C(O)CS. The molecule has 2 atom stereocenters. The van der Waals surface area contributed by atoms with Crippen LogP contribution in [0.25, 0.3) is 0 Å². The molecule has 0 aliphatic heterocycles. The smallest absolute Gasteiger partial charge is 0.135 e. The highest BCUT2D eigenvalue weighted by atomic mass is 35.5. The monoisotopic (exact) mass is 233 g/mol. The summed E-state index contributed by atoms with van der Waals surface area (Å²) in [6, 6.07) is 1.73. The zero-order chi connectivity index (χ0) is 10.7. The summed E-state index contributed by atoms with van der Waals surface area (Å²) in [6.45, 7) is 1.80. The number of hydrogen-bond acceptors (Lipinski definition) is 4. The van der Waals surface area contributed by atoms with Crippen LogP contribution in [0.3, 0.4) is 0 Å². The second kappa shape index (κ2) is 4.98. The maximum absolute atomic E-state index is 9.73. The second-order valence-electron chi connectivity index (χ2n) is 3.03. The van der Waals surface area contributed by atoms with Crippen LogP contribution in [0.1, 0.15) is 17.2 Å². The van der Waals surface area contributed by atoms with E-state index in [1.54, 1.807) is 19.2 Å². The molecule has 0 spiro atoms. The van der Waals surface area contributed by atoms with Gasteiger partial charge in [-0.1, -0.05) is 11.6 Å². The molecule has 1 heterocycles. The molecule has 5 heteroatoms. The van der Waals surface area contributed by atoms with Crippen LogP contribution in [0.4, 0.5) is 0 Å². The van der Waals surface area contributed by atoms with E-state index in [0.717, 1.165) is 5.56 Å². The van der Waals surface area contributed by atoms with Crippen molar-refractivity contribution >= 4 is 24.2 Å². The Bertz CT molecular complexity index is 301. The average Bonchev–Trinajstić information content (AvgIpc) is 2.16. The van der Waals surface area contributed by atoms with Crippen LogP contribution >= 0.6 is 24.2 Å². The summed E-state index contributed by atoms with van der Waals surface area (Å²) in [7, 11) is 0. The number of aliphatic hydroxyl groups excluding tert-OH is 2. The summed E-state index contributed by atoms with van der Waals surface area (Å²) < 4.78 is 0. The lowest BCUT2D eigenvalue weighted by Gasteiger charge is -2.18. The summed E-state index contributed by atoms with van der Waals surface area (Å²) in [5, 5.41) is 19.4. The Kier molecular flexibility index (Phi) is 4.19.